The van der Waals surface area contributed by atoms with Crippen LogP contribution in [0.3, 0.4) is 0 Å². The van der Waals surface area contributed by atoms with Crippen LogP contribution in [0.2, 0.25) is 0 Å². The van der Waals surface area contributed by atoms with E-state index >= 15 is 0 Å². The Morgan fingerprint density at radius 2 is 1.85 bits per heavy atom. The Bertz CT molecular complexity index is 430. The first-order valence-corrected chi connectivity index (χ1v) is 10.5. The number of Topliss-reactive ketones (excluding diaryl/α,β-unsaturated/α-hetero) is 1. The summed E-state index contributed by atoms with van der Waals surface area (Å²) in [4.78, 5) is 12.2. The first-order valence-electron chi connectivity index (χ1n) is 10.5. The summed E-state index contributed by atoms with van der Waals surface area (Å²) in [6, 6.07) is 0. The molecule has 0 amide bonds. The van der Waals surface area contributed by atoms with Crippen molar-refractivity contribution in [1.29, 1.82) is 0 Å². The second-order valence-electron chi connectivity index (χ2n) is 8.62. The number of carbonyl (C=O) groups excluding carboxylic acids is 1. The molecule has 3 N–H and O–H groups in total. The lowest BCUT2D eigenvalue weighted by Gasteiger charge is -2.29. The van der Waals surface area contributed by atoms with Crippen LogP contribution in [0.5, 0.6) is 0 Å². The Labute approximate surface area is 159 Å². The molecular weight excluding hydrogens is 328 g/mol. The summed E-state index contributed by atoms with van der Waals surface area (Å²) < 4.78 is 0. The minimum atomic E-state index is -0.584. The third-order valence-corrected chi connectivity index (χ3v) is 5.92. The van der Waals surface area contributed by atoms with Gasteiger partial charge in [0.05, 0.1) is 12.2 Å². The highest BCUT2D eigenvalue weighted by Crippen LogP contribution is 2.35. The van der Waals surface area contributed by atoms with Gasteiger partial charge in [0.2, 0.25) is 0 Å². The lowest BCUT2D eigenvalue weighted by atomic mass is 9.80. The average molecular weight is 369 g/mol. The molecule has 4 heteroatoms. The van der Waals surface area contributed by atoms with Crippen LogP contribution in [-0.4, -0.2) is 39.9 Å². The van der Waals surface area contributed by atoms with E-state index in [4.69, 9.17) is 5.11 Å². The van der Waals surface area contributed by atoms with Crippen LogP contribution in [0.15, 0.2) is 12.2 Å². The summed E-state index contributed by atoms with van der Waals surface area (Å²) in [6.07, 6.45) is 11.6. The van der Waals surface area contributed by atoms with Crippen molar-refractivity contribution in [1.82, 2.24) is 0 Å². The second-order valence-corrected chi connectivity index (χ2v) is 8.62. The van der Waals surface area contributed by atoms with Gasteiger partial charge in [-0.15, -0.1) is 0 Å². The number of hydrogen-bond donors (Lipinski definition) is 3. The van der Waals surface area contributed by atoms with Gasteiger partial charge in [0, 0.05) is 24.9 Å². The minimum absolute atomic E-state index is 0.0834. The largest absolute Gasteiger partial charge is 0.396 e. The lowest BCUT2D eigenvalue weighted by molar-refractivity contribution is -0.121. The third-order valence-electron chi connectivity index (χ3n) is 5.92. The monoisotopic (exact) mass is 368 g/mol. The fourth-order valence-corrected chi connectivity index (χ4v) is 4.09. The van der Waals surface area contributed by atoms with Gasteiger partial charge < -0.3 is 15.3 Å². The van der Waals surface area contributed by atoms with Crippen molar-refractivity contribution in [2.24, 2.45) is 17.3 Å². The van der Waals surface area contributed by atoms with Crippen molar-refractivity contribution in [3.63, 3.8) is 0 Å². The predicted octanol–water partition coefficient (Wildman–Crippen LogP) is 4.02. The van der Waals surface area contributed by atoms with E-state index in [2.05, 4.69) is 20.8 Å². The van der Waals surface area contributed by atoms with Crippen molar-refractivity contribution in [2.45, 2.75) is 97.2 Å². The van der Waals surface area contributed by atoms with Crippen LogP contribution in [0.1, 0.15) is 85.0 Å². The van der Waals surface area contributed by atoms with E-state index in [9.17, 15) is 15.0 Å². The summed E-state index contributed by atoms with van der Waals surface area (Å²) in [6.45, 7) is 6.55. The van der Waals surface area contributed by atoms with Crippen LogP contribution in [0.4, 0.5) is 0 Å². The van der Waals surface area contributed by atoms with Crippen molar-refractivity contribution < 1.29 is 20.1 Å². The van der Waals surface area contributed by atoms with Gasteiger partial charge in [-0.25, -0.2) is 0 Å². The highest BCUT2D eigenvalue weighted by atomic mass is 16.3. The van der Waals surface area contributed by atoms with E-state index in [1.165, 1.54) is 0 Å². The molecule has 0 radical (unpaired) electrons. The van der Waals surface area contributed by atoms with E-state index < -0.39 is 12.2 Å². The molecule has 0 saturated heterocycles. The average Bonchev–Trinajstić information content (AvgIpc) is 2.84. The van der Waals surface area contributed by atoms with Gasteiger partial charge in [0.1, 0.15) is 5.78 Å². The molecule has 4 nitrogen and oxygen atoms in total. The number of hydrogen-bond acceptors (Lipinski definition) is 4. The third kappa shape index (κ3) is 7.50. The van der Waals surface area contributed by atoms with Gasteiger partial charge in [0.25, 0.3) is 0 Å². The van der Waals surface area contributed by atoms with Gasteiger partial charge >= 0.3 is 0 Å². The van der Waals surface area contributed by atoms with E-state index in [0.717, 1.165) is 51.4 Å². The molecule has 1 fully saturated rings. The molecular formula is C22H40O4. The molecule has 1 saturated carbocycles. The molecule has 0 unspecified atom stereocenters. The maximum atomic E-state index is 12.2. The van der Waals surface area contributed by atoms with Gasteiger partial charge in [-0.1, -0.05) is 65.0 Å². The SMILES string of the molecule is CCCC(C)(C)[C@@H](O)CC=C[C@H]1[C@H](O)CC(=O)[C@@H]1CCCCCCCO. The summed E-state index contributed by atoms with van der Waals surface area (Å²) >= 11 is 0. The van der Waals surface area contributed by atoms with Crippen LogP contribution in [-0.2, 0) is 4.79 Å². The molecule has 0 aliphatic heterocycles. The van der Waals surface area contributed by atoms with E-state index in [-0.39, 0.29) is 36.1 Å². The molecule has 26 heavy (non-hydrogen) atoms. The fraction of sp³-hybridized carbons (Fsp3) is 0.864. The minimum Gasteiger partial charge on any atom is -0.396 e. The zero-order valence-electron chi connectivity index (χ0n) is 17.0. The number of aliphatic hydroxyl groups is 3. The molecule has 1 aliphatic carbocycles. The topological polar surface area (TPSA) is 77.8 Å². The lowest BCUT2D eigenvalue weighted by Crippen LogP contribution is -2.28. The molecule has 0 aromatic carbocycles. The number of unbranched alkanes of at least 4 members (excludes halogenated alkanes) is 4. The number of carbonyl (C=O) groups is 1. The molecule has 0 bridgehead atoms. The number of aliphatic hydroxyl groups excluding tert-OH is 3. The summed E-state index contributed by atoms with van der Waals surface area (Å²) in [5.74, 6) is -0.0179. The first kappa shape index (κ1) is 23.3. The van der Waals surface area contributed by atoms with Gasteiger partial charge in [-0.05, 0) is 31.1 Å². The smallest absolute Gasteiger partial charge is 0.139 e. The Morgan fingerprint density at radius 1 is 1.19 bits per heavy atom. The zero-order valence-corrected chi connectivity index (χ0v) is 17.0. The summed E-state index contributed by atoms with van der Waals surface area (Å²) in [5.41, 5.74) is -0.114. The molecule has 152 valence electrons. The maximum Gasteiger partial charge on any atom is 0.139 e. The summed E-state index contributed by atoms with van der Waals surface area (Å²) in [5, 5.41) is 29.5. The Balaban J connectivity index is 2.49. The van der Waals surface area contributed by atoms with Crippen molar-refractivity contribution >= 4 is 5.78 Å². The molecule has 0 spiro atoms. The molecule has 4 atom stereocenters. The van der Waals surface area contributed by atoms with Crippen LogP contribution in [0, 0.1) is 17.3 Å². The number of ketones is 1. The normalized spacial score (nSPS) is 25.3. The molecule has 0 heterocycles. The van der Waals surface area contributed by atoms with E-state index in [1.54, 1.807) is 0 Å². The van der Waals surface area contributed by atoms with Crippen LogP contribution < -0.4 is 0 Å². The van der Waals surface area contributed by atoms with Crippen LogP contribution >= 0.6 is 0 Å². The first-order chi connectivity index (χ1) is 12.3. The Morgan fingerprint density at radius 3 is 2.50 bits per heavy atom. The molecule has 1 aliphatic rings. The van der Waals surface area contributed by atoms with Gasteiger partial charge in [0.15, 0.2) is 0 Å². The Hall–Kier alpha value is -0.710. The standard InChI is InChI=1S/C22H40O4/c1-4-14-22(2,3)21(26)13-10-12-18-17(19(24)16-20(18)25)11-8-6-5-7-9-15-23/h10,12,17-18,20-21,23,25-26H,4-9,11,13-16H2,1-3H3/t17-,18-,20-,21+/m1/s1. The van der Waals surface area contributed by atoms with Crippen molar-refractivity contribution in [3.8, 4) is 0 Å². The molecule has 0 aromatic heterocycles. The number of rotatable bonds is 13. The van der Waals surface area contributed by atoms with E-state index in [0.29, 0.717) is 6.42 Å². The molecule has 0 aromatic rings. The van der Waals surface area contributed by atoms with Crippen molar-refractivity contribution in [3.05, 3.63) is 12.2 Å². The molecule has 1 rings (SSSR count). The summed E-state index contributed by atoms with van der Waals surface area (Å²) in [7, 11) is 0. The quantitative estimate of drug-likeness (QED) is 0.339. The van der Waals surface area contributed by atoms with E-state index in [1.807, 2.05) is 12.2 Å². The highest BCUT2D eigenvalue weighted by molar-refractivity contribution is 5.84. The highest BCUT2D eigenvalue weighted by Gasteiger charge is 2.39. The van der Waals surface area contributed by atoms with Crippen molar-refractivity contribution in [2.75, 3.05) is 6.61 Å². The zero-order chi connectivity index (χ0) is 19.6. The van der Waals surface area contributed by atoms with Gasteiger partial charge in [-0.3, -0.25) is 4.79 Å². The maximum absolute atomic E-state index is 12.2. The Kier molecular flexibility index (Phi) is 10.7. The van der Waals surface area contributed by atoms with Gasteiger partial charge in [-0.2, -0.15) is 0 Å². The second kappa shape index (κ2) is 11.9. The fourth-order valence-electron chi connectivity index (χ4n) is 4.09. The predicted molar refractivity (Wildman–Crippen MR) is 106 cm³/mol. The van der Waals surface area contributed by atoms with Crippen LogP contribution in [0.25, 0.3) is 0 Å².